The van der Waals surface area contributed by atoms with E-state index in [0.29, 0.717) is 18.0 Å². The van der Waals surface area contributed by atoms with E-state index in [2.05, 4.69) is 15.3 Å². The van der Waals surface area contributed by atoms with Gasteiger partial charge in [-0.2, -0.15) is 9.61 Å². The number of aliphatic hydroxyl groups is 1. The van der Waals surface area contributed by atoms with Crippen molar-refractivity contribution < 1.29 is 5.11 Å². The Balaban J connectivity index is 2.38. The molecule has 0 aliphatic carbocycles. The smallest absolute Gasteiger partial charge is 0.364 e. The zero-order valence-electron chi connectivity index (χ0n) is 9.08. The summed E-state index contributed by atoms with van der Waals surface area (Å²) < 4.78 is 1.19. The minimum atomic E-state index is -0.455. The summed E-state index contributed by atoms with van der Waals surface area (Å²) in [6.45, 7) is 2.14. The second-order valence-corrected chi connectivity index (χ2v) is 3.72. The molecule has 0 radical (unpaired) electrons. The highest BCUT2D eigenvalue weighted by atomic mass is 16.3. The molecule has 0 bridgehead atoms. The first kappa shape index (κ1) is 10.6. The second kappa shape index (κ2) is 3.93. The molecule has 2 N–H and O–H groups in total. The molecular weight excluding hydrogens is 210 g/mol. The van der Waals surface area contributed by atoms with Crippen LogP contribution in [0.25, 0.3) is 5.65 Å². The normalized spacial score (nSPS) is 12.9. The number of fused-ring (bicyclic) bond motifs is 1. The standard InChI is InChI=1S/C9H13N5O2/c1-6(15)5-13(2)8-4-3-7-10-11-9(16)14(7)12-8/h3-4,6,15H,5H2,1-2H3,(H,11,16). The summed E-state index contributed by atoms with van der Waals surface area (Å²) in [6, 6.07) is 3.44. The first-order valence-electron chi connectivity index (χ1n) is 4.91. The number of hydrogen-bond donors (Lipinski definition) is 2. The van der Waals surface area contributed by atoms with Crippen LogP contribution in [0.1, 0.15) is 6.92 Å². The molecule has 0 saturated carbocycles. The number of H-pyrrole nitrogens is 1. The van der Waals surface area contributed by atoms with Gasteiger partial charge in [-0.15, -0.1) is 5.10 Å². The van der Waals surface area contributed by atoms with Crippen LogP contribution in [0.4, 0.5) is 5.82 Å². The van der Waals surface area contributed by atoms with Crippen molar-refractivity contribution in [3.8, 4) is 0 Å². The quantitative estimate of drug-likeness (QED) is 0.714. The summed E-state index contributed by atoms with van der Waals surface area (Å²) in [7, 11) is 1.80. The van der Waals surface area contributed by atoms with Crippen molar-refractivity contribution in [3.63, 3.8) is 0 Å². The van der Waals surface area contributed by atoms with E-state index in [1.165, 1.54) is 4.52 Å². The van der Waals surface area contributed by atoms with Gasteiger partial charge in [0.05, 0.1) is 6.10 Å². The van der Waals surface area contributed by atoms with Gasteiger partial charge in [0.25, 0.3) is 0 Å². The van der Waals surface area contributed by atoms with Gasteiger partial charge < -0.3 is 10.0 Å². The predicted octanol–water partition coefficient (Wildman–Crippen LogP) is -0.765. The number of aliphatic hydroxyl groups excluding tert-OH is 1. The predicted molar refractivity (Wildman–Crippen MR) is 58.6 cm³/mol. The first-order valence-corrected chi connectivity index (χ1v) is 4.91. The van der Waals surface area contributed by atoms with Crippen LogP contribution in [0, 0.1) is 0 Å². The summed E-state index contributed by atoms with van der Waals surface area (Å²) in [4.78, 5) is 13.1. The van der Waals surface area contributed by atoms with E-state index < -0.39 is 6.10 Å². The summed E-state index contributed by atoms with van der Waals surface area (Å²) in [5, 5.41) is 19.5. The minimum Gasteiger partial charge on any atom is -0.392 e. The summed E-state index contributed by atoms with van der Waals surface area (Å²) in [5.74, 6) is 0.608. The van der Waals surface area contributed by atoms with Gasteiger partial charge in [-0.1, -0.05) is 0 Å². The molecule has 0 aliphatic heterocycles. The van der Waals surface area contributed by atoms with Crippen molar-refractivity contribution in [1.29, 1.82) is 0 Å². The minimum absolute atomic E-state index is 0.373. The molecule has 1 atom stereocenters. The average Bonchev–Trinajstić information content (AvgIpc) is 2.59. The van der Waals surface area contributed by atoms with Crippen molar-refractivity contribution >= 4 is 11.5 Å². The third-order valence-electron chi connectivity index (χ3n) is 2.19. The van der Waals surface area contributed by atoms with Gasteiger partial charge in [-0.25, -0.2) is 9.89 Å². The second-order valence-electron chi connectivity index (χ2n) is 3.72. The highest BCUT2D eigenvalue weighted by Gasteiger charge is 2.08. The van der Waals surface area contributed by atoms with Crippen LogP contribution in [0.2, 0.25) is 0 Å². The number of nitrogens with zero attached hydrogens (tertiary/aromatic N) is 4. The van der Waals surface area contributed by atoms with Gasteiger partial charge in [0, 0.05) is 13.6 Å². The SMILES string of the molecule is CC(O)CN(C)c1ccc2n[nH]c(=O)n2n1. The molecule has 0 amide bonds. The lowest BCUT2D eigenvalue weighted by Crippen LogP contribution is -2.28. The van der Waals surface area contributed by atoms with E-state index in [1.807, 2.05) is 0 Å². The van der Waals surface area contributed by atoms with Crippen LogP contribution >= 0.6 is 0 Å². The molecule has 0 spiro atoms. The molecule has 7 heteroatoms. The molecule has 2 aromatic heterocycles. The molecule has 2 rings (SSSR count). The molecule has 7 nitrogen and oxygen atoms in total. The van der Waals surface area contributed by atoms with Crippen LogP contribution in [-0.4, -0.2) is 44.6 Å². The fourth-order valence-electron chi connectivity index (χ4n) is 1.49. The highest BCUT2D eigenvalue weighted by Crippen LogP contribution is 2.08. The Morgan fingerprint density at radius 3 is 3.06 bits per heavy atom. The first-order chi connectivity index (χ1) is 7.58. The van der Waals surface area contributed by atoms with E-state index in [1.54, 1.807) is 31.0 Å². The number of nitrogens with one attached hydrogen (secondary N) is 1. The Labute approximate surface area is 91.3 Å². The molecule has 0 aromatic carbocycles. The maximum absolute atomic E-state index is 11.3. The molecule has 2 aromatic rings. The summed E-state index contributed by atoms with van der Waals surface area (Å²) in [6.07, 6.45) is -0.455. The Hall–Kier alpha value is -1.89. The Bertz CT molecular complexity index is 544. The molecule has 1 unspecified atom stereocenters. The fraction of sp³-hybridized carbons (Fsp3) is 0.444. The number of likely N-dealkylation sites (N-methyl/N-ethyl adjacent to an activating group) is 1. The van der Waals surface area contributed by atoms with Crippen molar-refractivity contribution in [2.75, 3.05) is 18.5 Å². The average molecular weight is 223 g/mol. The van der Waals surface area contributed by atoms with Crippen molar-refractivity contribution in [2.45, 2.75) is 13.0 Å². The van der Waals surface area contributed by atoms with E-state index >= 15 is 0 Å². The number of hydrogen-bond acceptors (Lipinski definition) is 5. The van der Waals surface area contributed by atoms with Crippen LogP contribution in [0.5, 0.6) is 0 Å². The van der Waals surface area contributed by atoms with E-state index in [-0.39, 0.29) is 5.69 Å². The van der Waals surface area contributed by atoms with Gasteiger partial charge >= 0.3 is 5.69 Å². The molecule has 0 fully saturated rings. The number of anilines is 1. The molecule has 0 saturated heterocycles. The third-order valence-corrected chi connectivity index (χ3v) is 2.19. The van der Waals surface area contributed by atoms with Gasteiger partial charge in [0.2, 0.25) is 0 Å². The largest absolute Gasteiger partial charge is 0.392 e. The fourth-order valence-corrected chi connectivity index (χ4v) is 1.49. The Morgan fingerprint density at radius 2 is 2.38 bits per heavy atom. The maximum atomic E-state index is 11.3. The lowest BCUT2D eigenvalue weighted by Gasteiger charge is -2.19. The summed E-state index contributed by atoms with van der Waals surface area (Å²) >= 11 is 0. The van der Waals surface area contributed by atoms with E-state index in [4.69, 9.17) is 0 Å². The highest BCUT2D eigenvalue weighted by molar-refractivity contribution is 5.44. The van der Waals surface area contributed by atoms with Crippen LogP contribution in [0.3, 0.4) is 0 Å². The van der Waals surface area contributed by atoms with Gasteiger partial charge in [-0.05, 0) is 19.1 Å². The van der Waals surface area contributed by atoms with Crippen LogP contribution in [0.15, 0.2) is 16.9 Å². The van der Waals surface area contributed by atoms with Crippen LogP contribution in [-0.2, 0) is 0 Å². The van der Waals surface area contributed by atoms with Crippen LogP contribution < -0.4 is 10.6 Å². The van der Waals surface area contributed by atoms with Gasteiger partial charge in [0.15, 0.2) is 5.65 Å². The summed E-state index contributed by atoms with van der Waals surface area (Å²) in [5.41, 5.74) is 0.0986. The lowest BCUT2D eigenvalue weighted by atomic mass is 10.3. The molecular formula is C9H13N5O2. The van der Waals surface area contributed by atoms with E-state index in [0.717, 1.165) is 0 Å². The number of aromatic nitrogens is 4. The topological polar surface area (TPSA) is 86.5 Å². The number of rotatable bonds is 3. The van der Waals surface area contributed by atoms with Crippen molar-refractivity contribution in [1.82, 2.24) is 19.8 Å². The Kier molecular flexibility index (Phi) is 2.61. The zero-order valence-corrected chi connectivity index (χ0v) is 9.08. The monoisotopic (exact) mass is 223 g/mol. The zero-order chi connectivity index (χ0) is 11.7. The molecule has 86 valence electrons. The van der Waals surface area contributed by atoms with Gasteiger partial charge in [-0.3, -0.25) is 0 Å². The Morgan fingerprint density at radius 1 is 1.62 bits per heavy atom. The van der Waals surface area contributed by atoms with Gasteiger partial charge in [0.1, 0.15) is 5.82 Å². The number of aromatic amines is 1. The molecule has 16 heavy (non-hydrogen) atoms. The lowest BCUT2D eigenvalue weighted by molar-refractivity contribution is 0.201. The maximum Gasteiger partial charge on any atom is 0.364 e. The van der Waals surface area contributed by atoms with E-state index in [9.17, 15) is 9.90 Å². The van der Waals surface area contributed by atoms with Crippen molar-refractivity contribution in [2.24, 2.45) is 0 Å². The molecule has 2 heterocycles. The third kappa shape index (κ3) is 1.89. The van der Waals surface area contributed by atoms with Crippen molar-refractivity contribution in [3.05, 3.63) is 22.6 Å². The molecule has 0 aliphatic rings.